The average Bonchev–Trinajstić information content (AvgIpc) is 3.84. The third-order valence-electron chi connectivity index (χ3n) is 8.11. The predicted octanol–water partition coefficient (Wildman–Crippen LogP) is 8.62. The van der Waals surface area contributed by atoms with Crippen LogP contribution < -0.4 is 0 Å². The summed E-state index contributed by atoms with van der Waals surface area (Å²) in [6, 6.07) is 0. The summed E-state index contributed by atoms with van der Waals surface area (Å²) in [4.78, 5) is 24.1. The first-order valence-electron chi connectivity index (χ1n) is 16.7. The molecule has 2 rings (SSSR count). The second kappa shape index (κ2) is 21.6. The molecule has 2 saturated heterocycles. The van der Waals surface area contributed by atoms with Crippen LogP contribution in [0.4, 0.5) is 0 Å². The summed E-state index contributed by atoms with van der Waals surface area (Å²) < 4.78 is 22.3. The molecule has 0 aromatic rings. The Bertz CT molecular complexity index is 638. The van der Waals surface area contributed by atoms with Crippen LogP contribution in [0.2, 0.25) is 0 Å². The van der Waals surface area contributed by atoms with Crippen LogP contribution in [0.25, 0.3) is 0 Å². The van der Waals surface area contributed by atoms with Crippen LogP contribution in [0.1, 0.15) is 162 Å². The highest BCUT2D eigenvalue weighted by atomic mass is 16.6. The van der Waals surface area contributed by atoms with Gasteiger partial charge in [0, 0.05) is 12.8 Å². The second-order valence-electron chi connectivity index (χ2n) is 12.0. The molecule has 0 N–H and O–H groups in total. The van der Waals surface area contributed by atoms with E-state index in [-0.39, 0.29) is 18.5 Å². The van der Waals surface area contributed by atoms with Gasteiger partial charge in [0.2, 0.25) is 0 Å². The summed E-state index contributed by atoms with van der Waals surface area (Å²) in [7, 11) is 0. The maximum atomic E-state index is 12.1. The number of epoxide rings is 2. The number of rotatable bonds is 27. The lowest BCUT2D eigenvalue weighted by atomic mass is 10.0. The average molecular weight is 553 g/mol. The van der Waals surface area contributed by atoms with Crippen molar-refractivity contribution in [3.8, 4) is 0 Å². The van der Waals surface area contributed by atoms with Crippen LogP contribution in [0.3, 0.4) is 0 Å². The van der Waals surface area contributed by atoms with Crippen molar-refractivity contribution in [2.75, 3.05) is 6.61 Å². The van der Waals surface area contributed by atoms with E-state index in [2.05, 4.69) is 13.8 Å². The lowest BCUT2D eigenvalue weighted by Gasteiger charge is -2.13. The van der Waals surface area contributed by atoms with Crippen molar-refractivity contribution in [2.45, 2.75) is 193 Å². The van der Waals surface area contributed by atoms with Crippen LogP contribution in [0.15, 0.2) is 0 Å². The second-order valence-corrected chi connectivity index (χ2v) is 12.0. The van der Waals surface area contributed by atoms with Crippen molar-refractivity contribution >= 4 is 11.9 Å². The minimum absolute atomic E-state index is 0.143. The van der Waals surface area contributed by atoms with E-state index in [0.29, 0.717) is 37.3 Å². The Morgan fingerprint density at radius 2 is 0.949 bits per heavy atom. The zero-order valence-corrected chi connectivity index (χ0v) is 25.6. The van der Waals surface area contributed by atoms with E-state index in [1.54, 1.807) is 6.92 Å². The molecule has 5 atom stereocenters. The van der Waals surface area contributed by atoms with E-state index in [4.69, 9.17) is 18.9 Å². The predicted molar refractivity (Wildman–Crippen MR) is 157 cm³/mol. The van der Waals surface area contributed by atoms with Crippen molar-refractivity contribution in [1.29, 1.82) is 0 Å². The first-order valence-corrected chi connectivity index (χ1v) is 16.7. The lowest BCUT2D eigenvalue weighted by Crippen LogP contribution is -2.22. The molecule has 2 aliphatic heterocycles. The van der Waals surface area contributed by atoms with Gasteiger partial charge in [-0.2, -0.15) is 0 Å². The Morgan fingerprint density at radius 3 is 1.38 bits per heavy atom. The van der Waals surface area contributed by atoms with Gasteiger partial charge in [0.1, 0.15) is 12.7 Å². The summed E-state index contributed by atoms with van der Waals surface area (Å²) in [6.45, 7) is 6.42. The Hall–Kier alpha value is -1.14. The molecule has 228 valence electrons. The monoisotopic (exact) mass is 552 g/mol. The molecule has 6 heteroatoms. The zero-order chi connectivity index (χ0) is 28.1. The Kier molecular flexibility index (Phi) is 18.9. The molecule has 2 heterocycles. The van der Waals surface area contributed by atoms with Crippen LogP contribution >= 0.6 is 0 Å². The third kappa shape index (κ3) is 18.0. The lowest BCUT2D eigenvalue weighted by molar-refractivity contribution is -0.158. The van der Waals surface area contributed by atoms with Crippen molar-refractivity contribution in [1.82, 2.24) is 0 Å². The minimum atomic E-state index is -0.392. The maximum absolute atomic E-state index is 12.1. The van der Waals surface area contributed by atoms with E-state index in [9.17, 15) is 9.59 Å². The van der Waals surface area contributed by atoms with E-state index < -0.39 is 6.10 Å². The Labute approximate surface area is 239 Å². The van der Waals surface area contributed by atoms with Gasteiger partial charge in [-0.05, 0) is 45.4 Å². The molecule has 0 amide bonds. The highest BCUT2D eigenvalue weighted by Gasteiger charge is 2.37. The fourth-order valence-corrected chi connectivity index (χ4v) is 5.46. The van der Waals surface area contributed by atoms with Gasteiger partial charge < -0.3 is 18.9 Å². The first-order chi connectivity index (χ1) is 19.0. The maximum Gasteiger partial charge on any atom is 0.306 e. The summed E-state index contributed by atoms with van der Waals surface area (Å²) in [5.74, 6) is -0.391. The van der Waals surface area contributed by atoms with Gasteiger partial charge in [-0.25, -0.2) is 0 Å². The molecule has 0 bridgehead atoms. The number of carbonyl (C=O) groups is 2. The van der Waals surface area contributed by atoms with Crippen molar-refractivity contribution < 1.29 is 28.5 Å². The number of ether oxygens (including phenoxy) is 4. The normalized spacial score (nSPS) is 22.4. The molecule has 0 aromatic heterocycles. The Balaban J connectivity index is 1.31. The standard InChI is InChI=1S/C33H60O6/c1-4-6-8-14-20-28-30(38-28)22-16-10-12-18-24-32(34)36-26-27(3)37-33(35)25-19-13-11-17-23-31-29(39-31)21-15-9-7-5-2/h27-31H,4-26H2,1-3H3. The zero-order valence-electron chi connectivity index (χ0n) is 25.6. The summed E-state index contributed by atoms with van der Waals surface area (Å²) in [6.07, 6.45) is 26.1. The first kappa shape index (κ1) is 34.1. The van der Waals surface area contributed by atoms with E-state index in [1.165, 1.54) is 77.0 Å². The van der Waals surface area contributed by atoms with Crippen molar-refractivity contribution in [3.05, 3.63) is 0 Å². The van der Waals surface area contributed by atoms with Crippen LogP contribution in [0.5, 0.6) is 0 Å². The molecule has 0 aromatic carbocycles. The number of carbonyl (C=O) groups excluding carboxylic acids is 2. The van der Waals surface area contributed by atoms with Gasteiger partial charge in [0.25, 0.3) is 0 Å². The van der Waals surface area contributed by atoms with Crippen LogP contribution in [0, 0.1) is 0 Å². The molecule has 5 unspecified atom stereocenters. The minimum Gasteiger partial charge on any atom is -0.462 e. The molecule has 0 spiro atoms. The van der Waals surface area contributed by atoms with Crippen LogP contribution in [-0.2, 0) is 28.5 Å². The highest BCUT2D eigenvalue weighted by Crippen LogP contribution is 2.32. The van der Waals surface area contributed by atoms with Gasteiger partial charge in [0.15, 0.2) is 0 Å². The van der Waals surface area contributed by atoms with Crippen molar-refractivity contribution in [2.24, 2.45) is 0 Å². The van der Waals surface area contributed by atoms with Gasteiger partial charge in [0.05, 0.1) is 24.4 Å². The molecular weight excluding hydrogens is 492 g/mol. The topological polar surface area (TPSA) is 77.7 Å². The van der Waals surface area contributed by atoms with E-state index in [0.717, 1.165) is 51.4 Å². The Morgan fingerprint density at radius 1 is 0.564 bits per heavy atom. The highest BCUT2D eigenvalue weighted by molar-refractivity contribution is 5.70. The summed E-state index contributed by atoms with van der Waals surface area (Å²) >= 11 is 0. The molecule has 2 fully saturated rings. The van der Waals surface area contributed by atoms with E-state index >= 15 is 0 Å². The summed E-state index contributed by atoms with van der Waals surface area (Å²) in [5, 5.41) is 0. The quantitative estimate of drug-likeness (QED) is 0.0577. The number of hydrogen-bond acceptors (Lipinski definition) is 6. The molecule has 0 radical (unpaired) electrons. The number of esters is 2. The molecule has 2 aliphatic rings. The summed E-state index contributed by atoms with van der Waals surface area (Å²) in [5.41, 5.74) is 0. The SMILES string of the molecule is CCCCCCC1OC1CCCCCCC(=O)OCC(C)OC(=O)CCCCCCC1OC1CCCCCC. The molecule has 39 heavy (non-hydrogen) atoms. The third-order valence-corrected chi connectivity index (χ3v) is 8.11. The molecule has 0 aliphatic carbocycles. The van der Waals surface area contributed by atoms with Crippen LogP contribution in [-0.4, -0.2) is 49.1 Å². The fraction of sp³-hybridized carbons (Fsp3) is 0.939. The van der Waals surface area contributed by atoms with Gasteiger partial charge in [-0.3, -0.25) is 9.59 Å². The van der Waals surface area contributed by atoms with E-state index in [1.807, 2.05) is 0 Å². The fourth-order valence-electron chi connectivity index (χ4n) is 5.46. The molecule has 6 nitrogen and oxygen atoms in total. The smallest absolute Gasteiger partial charge is 0.306 e. The van der Waals surface area contributed by atoms with Gasteiger partial charge in [-0.1, -0.05) is 104 Å². The number of hydrogen-bond donors (Lipinski definition) is 0. The largest absolute Gasteiger partial charge is 0.462 e. The molecule has 0 saturated carbocycles. The molecular formula is C33H60O6. The van der Waals surface area contributed by atoms with Gasteiger partial charge >= 0.3 is 11.9 Å². The van der Waals surface area contributed by atoms with Crippen molar-refractivity contribution in [3.63, 3.8) is 0 Å². The van der Waals surface area contributed by atoms with Gasteiger partial charge in [-0.15, -0.1) is 0 Å². The number of unbranched alkanes of at least 4 members (excludes halogenated alkanes) is 12.